The number of carbonyl (C=O) groups is 2. The molecule has 0 spiro atoms. The van der Waals surface area contributed by atoms with Crippen LogP contribution in [0.5, 0.6) is 0 Å². The quantitative estimate of drug-likeness (QED) is 0.783. The van der Waals surface area contributed by atoms with E-state index in [2.05, 4.69) is 24.2 Å². The molecule has 0 saturated carbocycles. The molecule has 5 nitrogen and oxygen atoms in total. The van der Waals surface area contributed by atoms with Gasteiger partial charge in [-0.25, -0.2) is 0 Å². The maximum atomic E-state index is 12.5. The normalized spacial score (nSPS) is 33.7. The number of hydrogen-bond donors (Lipinski definition) is 1. The first kappa shape index (κ1) is 14.3. The van der Waals surface area contributed by atoms with Crippen LogP contribution in [0.25, 0.3) is 0 Å². The van der Waals surface area contributed by atoms with Crippen molar-refractivity contribution in [1.29, 1.82) is 0 Å². The highest BCUT2D eigenvalue weighted by atomic mass is 16.2. The van der Waals surface area contributed by atoms with E-state index in [9.17, 15) is 9.59 Å². The molecule has 2 aliphatic heterocycles. The molecule has 0 bridgehead atoms. The molecule has 2 saturated heterocycles. The molecule has 0 aromatic rings. The van der Waals surface area contributed by atoms with Crippen LogP contribution in [0.1, 0.15) is 27.2 Å². The number of rotatable bonds is 2. The molecule has 3 atom stereocenters. The molecule has 0 radical (unpaired) electrons. The second kappa shape index (κ2) is 5.49. The van der Waals surface area contributed by atoms with Crippen LogP contribution in [0.2, 0.25) is 0 Å². The van der Waals surface area contributed by atoms with Crippen molar-refractivity contribution in [2.24, 2.45) is 11.8 Å². The predicted molar refractivity (Wildman–Crippen MR) is 73.5 cm³/mol. The van der Waals surface area contributed by atoms with Gasteiger partial charge in [-0.1, -0.05) is 20.8 Å². The van der Waals surface area contributed by atoms with Gasteiger partial charge in [-0.05, 0) is 31.8 Å². The Kier molecular flexibility index (Phi) is 4.13. The average Bonchev–Trinajstić information content (AvgIpc) is 2.32. The number of nitrogens with one attached hydrogen (secondary N) is 1. The Morgan fingerprint density at radius 2 is 2.00 bits per heavy atom. The highest BCUT2D eigenvalue weighted by Crippen LogP contribution is 2.24. The summed E-state index contributed by atoms with van der Waals surface area (Å²) in [6.07, 6.45) is 0.960. The molecule has 2 amide bonds. The Hall–Kier alpha value is -1.10. The fourth-order valence-corrected chi connectivity index (χ4v) is 3.23. The summed E-state index contributed by atoms with van der Waals surface area (Å²) in [6.45, 7) is 8.33. The van der Waals surface area contributed by atoms with E-state index in [0.29, 0.717) is 5.92 Å². The summed E-state index contributed by atoms with van der Waals surface area (Å²) in [7, 11) is 2.11. The predicted octanol–water partition coefficient (Wildman–Crippen LogP) is 0.310. The van der Waals surface area contributed by atoms with Crippen LogP contribution in [0.3, 0.4) is 0 Å². The average molecular weight is 267 g/mol. The van der Waals surface area contributed by atoms with E-state index >= 15 is 0 Å². The van der Waals surface area contributed by atoms with Crippen molar-refractivity contribution in [3.8, 4) is 0 Å². The number of piperazine rings is 1. The van der Waals surface area contributed by atoms with Crippen LogP contribution in [-0.4, -0.2) is 60.4 Å². The zero-order valence-corrected chi connectivity index (χ0v) is 12.3. The highest BCUT2D eigenvalue weighted by Gasteiger charge is 2.40. The second-order valence-corrected chi connectivity index (χ2v) is 6.35. The minimum absolute atomic E-state index is 0.0237. The first-order valence-electron chi connectivity index (χ1n) is 7.18. The number of hydrogen-bond acceptors (Lipinski definition) is 3. The van der Waals surface area contributed by atoms with Crippen molar-refractivity contribution in [3.05, 3.63) is 0 Å². The van der Waals surface area contributed by atoms with E-state index < -0.39 is 0 Å². The first-order chi connectivity index (χ1) is 8.90. The third-order valence-corrected chi connectivity index (χ3v) is 4.31. The lowest BCUT2D eigenvalue weighted by molar-refractivity contribution is -0.150. The lowest BCUT2D eigenvalue weighted by Gasteiger charge is -2.45. The number of nitrogens with zero attached hydrogens (tertiary/aromatic N) is 2. The van der Waals surface area contributed by atoms with Crippen molar-refractivity contribution in [1.82, 2.24) is 15.1 Å². The lowest BCUT2D eigenvalue weighted by Crippen LogP contribution is -2.64. The molecule has 19 heavy (non-hydrogen) atoms. The van der Waals surface area contributed by atoms with Gasteiger partial charge in [0.1, 0.15) is 6.04 Å². The maximum Gasteiger partial charge on any atom is 0.246 e. The van der Waals surface area contributed by atoms with Gasteiger partial charge < -0.3 is 15.1 Å². The summed E-state index contributed by atoms with van der Waals surface area (Å²) in [5, 5.41) is 2.82. The van der Waals surface area contributed by atoms with E-state index in [4.69, 9.17) is 0 Å². The van der Waals surface area contributed by atoms with Crippen LogP contribution < -0.4 is 5.32 Å². The van der Waals surface area contributed by atoms with Crippen LogP contribution in [0.4, 0.5) is 0 Å². The molecule has 3 unspecified atom stereocenters. The Bertz CT molecular complexity index is 370. The van der Waals surface area contributed by atoms with Crippen molar-refractivity contribution in [2.75, 3.05) is 26.7 Å². The zero-order chi connectivity index (χ0) is 14.2. The van der Waals surface area contributed by atoms with E-state index in [1.807, 2.05) is 18.7 Å². The topological polar surface area (TPSA) is 52.7 Å². The first-order valence-corrected chi connectivity index (χ1v) is 7.18. The van der Waals surface area contributed by atoms with Gasteiger partial charge in [0.25, 0.3) is 0 Å². The third kappa shape index (κ3) is 2.91. The van der Waals surface area contributed by atoms with Crippen molar-refractivity contribution >= 4 is 11.8 Å². The Morgan fingerprint density at radius 3 is 2.58 bits per heavy atom. The maximum absolute atomic E-state index is 12.5. The number of amides is 2. The number of piperidine rings is 1. The minimum atomic E-state index is -0.354. The van der Waals surface area contributed by atoms with Crippen molar-refractivity contribution in [3.63, 3.8) is 0 Å². The molecule has 0 aromatic carbocycles. The Morgan fingerprint density at radius 1 is 1.32 bits per heavy atom. The van der Waals surface area contributed by atoms with Gasteiger partial charge in [-0.15, -0.1) is 0 Å². The summed E-state index contributed by atoms with van der Waals surface area (Å²) in [4.78, 5) is 28.5. The molecule has 0 aliphatic carbocycles. The molecule has 1 N–H and O–H groups in total. The monoisotopic (exact) mass is 267 g/mol. The molecule has 2 fully saturated rings. The van der Waals surface area contributed by atoms with Crippen LogP contribution in [0.15, 0.2) is 0 Å². The molecular formula is C14H25N3O2. The van der Waals surface area contributed by atoms with Gasteiger partial charge in [0, 0.05) is 12.6 Å². The highest BCUT2D eigenvalue weighted by molar-refractivity contribution is 5.95. The molecule has 2 rings (SSSR count). The molecule has 2 heterocycles. The molecule has 5 heteroatoms. The van der Waals surface area contributed by atoms with Crippen molar-refractivity contribution < 1.29 is 9.59 Å². The molecule has 108 valence electrons. The van der Waals surface area contributed by atoms with E-state index in [-0.39, 0.29) is 36.4 Å². The van der Waals surface area contributed by atoms with E-state index in [1.54, 1.807) is 0 Å². The summed E-state index contributed by atoms with van der Waals surface area (Å²) in [5.74, 6) is 0.627. The van der Waals surface area contributed by atoms with Gasteiger partial charge in [-0.2, -0.15) is 0 Å². The number of likely N-dealkylation sites (tertiary alicyclic amines) is 1. The van der Waals surface area contributed by atoms with Gasteiger partial charge in [0.2, 0.25) is 11.8 Å². The molecule has 2 aliphatic rings. The minimum Gasteiger partial charge on any atom is -0.343 e. The van der Waals surface area contributed by atoms with Gasteiger partial charge in [-0.3, -0.25) is 9.59 Å². The fourth-order valence-electron chi connectivity index (χ4n) is 3.23. The van der Waals surface area contributed by atoms with Gasteiger partial charge in [0.15, 0.2) is 0 Å². The third-order valence-electron chi connectivity index (χ3n) is 4.31. The standard InChI is InChI=1S/C14H25N3O2/c1-9(2)13-14(19)17(8-12(18)15-13)11-5-6-16(4)7-10(11)3/h9-11,13H,5-8H2,1-4H3,(H,15,18). The van der Waals surface area contributed by atoms with Crippen molar-refractivity contribution in [2.45, 2.75) is 39.3 Å². The van der Waals surface area contributed by atoms with Crippen LogP contribution in [0, 0.1) is 11.8 Å². The summed E-state index contributed by atoms with van der Waals surface area (Å²) in [5.41, 5.74) is 0. The summed E-state index contributed by atoms with van der Waals surface area (Å²) in [6, 6.07) is -0.149. The summed E-state index contributed by atoms with van der Waals surface area (Å²) < 4.78 is 0. The lowest BCUT2D eigenvalue weighted by atomic mass is 9.90. The van der Waals surface area contributed by atoms with Crippen LogP contribution >= 0.6 is 0 Å². The SMILES string of the molecule is CC(C)C1NC(=O)CN(C2CCN(C)CC2C)C1=O. The fraction of sp³-hybridized carbons (Fsp3) is 0.857. The second-order valence-electron chi connectivity index (χ2n) is 6.35. The number of carbonyl (C=O) groups excluding carboxylic acids is 2. The van der Waals surface area contributed by atoms with Crippen LogP contribution in [-0.2, 0) is 9.59 Å². The Labute approximate surface area is 115 Å². The smallest absolute Gasteiger partial charge is 0.246 e. The zero-order valence-electron chi connectivity index (χ0n) is 12.3. The van der Waals surface area contributed by atoms with Gasteiger partial charge in [0.05, 0.1) is 6.54 Å². The summed E-state index contributed by atoms with van der Waals surface area (Å²) >= 11 is 0. The Balaban J connectivity index is 2.13. The molecular weight excluding hydrogens is 242 g/mol. The largest absolute Gasteiger partial charge is 0.343 e. The van der Waals surface area contributed by atoms with E-state index in [1.165, 1.54) is 0 Å². The molecule has 0 aromatic heterocycles. The van der Waals surface area contributed by atoms with E-state index in [0.717, 1.165) is 19.5 Å². The van der Waals surface area contributed by atoms with Gasteiger partial charge >= 0.3 is 0 Å².